The van der Waals surface area contributed by atoms with Crippen LogP contribution in [0.15, 0.2) is 34.7 Å². The van der Waals surface area contributed by atoms with E-state index in [4.69, 9.17) is 4.42 Å². The van der Waals surface area contributed by atoms with E-state index >= 15 is 0 Å². The van der Waals surface area contributed by atoms with Crippen LogP contribution in [0.5, 0.6) is 0 Å². The highest BCUT2D eigenvalue weighted by molar-refractivity contribution is 5.96. The lowest BCUT2D eigenvalue weighted by Gasteiger charge is -2.29. The van der Waals surface area contributed by atoms with Crippen LogP contribution in [0.1, 0.15) is 49.6 Å². The highest BCUT2D eigenvalue weighted by atomic mass is 16.4. The molecule has 1 atom stereocenters. The second kappa shape index (κ2) is 9.25. The Balaban J connectivity index is 1.51. The Bertz CT molecular complexity index is 1140. The number of carbonyl (C=O) groups is 3. The summed E-state index contributed by atoms with van der Waals surface area (Å²) in [5.74, 6) is 0.349. The molecule has 9 heteroatoms. The van der Waals surface area contributed by atoms with Crippen LogP contribution >= 0.6 is 0 Å². The van der Waals surface area contributed by atoms with Crippen molar-refractivity contribution in [3.8, 4) is 11.3 Å². The van der Waals surface area contributed by atoms with E-state index in [1.807, 2.05) is 12.1 Å². The van der Waals surface area contributed by atoms with Crippen LogP contribution in [-0.4, -0.2) is 40.8 Å². The number of likely N-dealkylation sites (N-methyl/N-ethyl adjacent to an activating group) is 1. The van der Waals surface area contributed by atoms with E-state index in [1.165, 1.54) is 13.3 Å². The van der Waals surface area contributed by atoms with E-state index in [2.05, 4.69) is 25.9 Å². The molecule has 3 amide bonds. The van der Waals surface area contributed by atoms with Crippen molar-refractivity contribution < 1.29 is 18.8 Å². The topological polar surface area (TPSA) is 129 Å². The largest absolute Gasteiger partial charge is 0.451 e. The zero-order chi connectivity index (χ0) is 22.7. The standard InChI is InChI=1S/C23H27N5O4/c1-13(29)25-23-26-16-9-8-15(12-17(16)27-23)18-10-11-19(32-18)21(30)28-20(22(31)24-2)14-6-4-3-5-7-14/h8-12,14,20H,3-7H2,1-2H3,(H,24,31)(H,28,30)(H2,25,26,27,29). The van der Waals surface area contributed by atoms with Gasteiger partial charge in [0.25, 0.3) is 5.91 Å². The zero-order valence-electron chi connectivity index (χ0n) is 18.2. The van der Waals surface area contributed by atoms with Crippen molar-refractivity contribution >= 4 is 34.7 Å². The Morgan fingerprint density at radius 3 is 2.62 bits per heavy atom. The molecule has 0 bridgehead atoms. The third-order valence-corrected chi connectivity index (χ3v) is 5.83. The van der Waals surface area contributed by atoms with Crippen molar-refractivity contribution in [2.45, 2.75) is 45.1 Å². The maximum Gasteiger partial charge on any atom is 0.287 e. The molecule has 32 heavy (non-hydrogen) atoms. The first-order valence-electron chi connectivity index (χ1n) is 10.8. The highest BCUT2D eigenvalue weighted by Gasteiger charge is 2.31. The van der Waals surface area contributed by atoms with Crippen LogP contribution in [0.2, 0.25) is 0 Å². The van der Waals surface area contributed by atoms with Crippen LogP contribution in [0.25, 0.3) is 22.4 Å². The monoisotopic (exact) mass is 437 g/mol. The first kappa shape index (κ1) is 21.6. The molecule has 4 rings (SSSR count). The summed E-state index contributed by atoms with van der Waals surface area (Å²) in [6, 6.07) is 8.22. The molecule has 1 saturated carbocycles. The molecule has 0 aliphatic heterocycles. The molecule has 9 nitrogen and oxygen atoms in total. The van der Waals surface area contributed by atoms with Gasteiger partial charge in [-0.1, -0.05) is 19.3 Å². The predicted molar refractivity (Wildman–Crippen MR) is 120 cm³/mol. The van der Waals surface area contributed by atoms with E-state index < -0.39 is 11.9 Å². The molecule has 2 aromatic heterocycles. The number of aromatic nitrogens is 2. The number of anilines is 1. The minimum atomic E-state index is -0.574. The number of imidazole rings is 1. The summed E-state index contributed by atoms with van der Waals surface area (Å²) in [6.07, 6.45) is 5.15. The third kappa shape index (κ3) is 4.66. The average molecular weight is 438 g/mol. The van der Waals surface area contributed by atoms with Crippen LogP contribution in [0.4, 0.5) is 5.95 Å². The number of nitrogens with one attached hydrogen (secondary N) is 4. The molecule has 0 radical (unpaired) electrons. The number of aromatic amines is 1. The van der Waals surface area contributed by atoms with E-state index in [0.717, 1.165) is 36.8 Å². The first-order chi connectivity index (χ1) is 15.4. The molecule has 1 fully saturated rings. The zero-order valence-corrected chi connectivity index (χ0v) is 18.2. The maximum atomic E-state index is 12.8. The van der Waals surface area contributed by atoms with Gasteiger partial charge in [0.05, 0.1) is 11.0 Å². The van der Waals surface area contributed by atoms with Crippen LogP contribution in [0.3, 0.4) is 0 Å². The molecule has 1 unspecified atom stereocenters. The molecular weight excluding hydrogens is 410 g/mol. The van der Waals surface area contributed by atoms with Crippen molar-refractivity contribution in [2.24, 2.45) is 5.92 Å². The van der Waals surface area contributed by atoms with Gasteiger partial charge in [0.1, 0.15) is 11.8 Å². The van der Waals surface area contributed by atoms with Gasteiger partial charge in [0.15, 0.2) is 5.76 Å². The molecule has 0 spiro atoms. The number of rotatable bonds is 6. The summed E-state index contributed by atoms with van der Waals surface area (Å²) in [4.78, 5) is 43.8. The number of hydrogen-bond donors (Lipinski definition) is 4. The van der Waals surface area contributed by atoms with Gasteiger partial charge >= 0.3 is 0 Å². The molecule has 1 aromatic carbocycles. The lowest BCUT2D eigenvalue weighted by molar-refractivity contribution is -0.124. The minimum Gasteiger partial charge on any atom is -0.451 e. The minimum absolute atomic E-state index is 0.127. The van der Waals surface area contributed by atoms with Gasteiger partial charge in [-0.05, 0) is 49.1 Å². The Labute approximate surface area is 185 Å². The number of carbonyl (C=O) groups excluding carboxylic acids is 3. The number of amides is 3. The summed E-state index contributed by atoms with van der Waals surface area (Å²) in [5.41, 5.74) is 2.18. The fourth-order valence-corrected chi connectivity index (χ4v) is 4.24. The molecule has 168 valence electrons. The summed E-state index contributed by atoms with van der Waals surface area (Å²) in [7, 11) is 1.58. The normalized spacial score (nSPS) is 15.3. The van der Waals surface area contributed by atoms with Crippen molar-refractivity contribution in [3.05, 3.63) is 36.1 Å². The van der Waals surface area contributed by atoms with Crippen LogP contribution < -0.4 is 16.0 Å². The van der Waals surface area contributed by atoms with Crippen molar-refractivity contribution in [1.82, 2.24) is 20.6 Å². The number of hydrogen-bond acceptors (Lipinski definition) is 5. The summed E-state index contributed by atoms with van der Waals surface area (Å²) in [5, 5.41) is 8.15. The number of benzene rings is 1. The van der Waals surface area contributed by atoms with Crippen molar-refractivity contribution in [1.29, 1.82) is 0 Å². The lowest BCUT2D eigenvalue weighted by atomic mass is 9.83. The van der Waals surface area contributed by atoms with E-state index in [-0.39, 0.29) is 23.5 Å². The SMILES string of the molecule is CNC(=O)C(NC(=O)c1ccc(-c2ccc3nc(NC(C)=O)[nH]c3c2)o1)C1CCCCC1. The fourth-order valence-electron chi connectivity index (χ4n) is 4.24. The van der Waals surface area contributed by atoms with Crippen molar-refractivity contribution in [2.75, 3.05) is 12.4 Å². The second-order valence-corrected chi connectivity index (χ2v) is 8.13. The van der Waals surface area contributed by atoms with Crippen LogP contribution in [-0.2, 0) is 9.59 Å². The van der Waals surface area contributed by atoms with Gasteiger partial charge in [-0.15, -0.1) is 0 Å². The summed E-state index contributed by atoms with van der Waals surface area (Å²) >= 11 is 0. The van der Waals surface area contributed by atoms with Crippen LogP contribution in [0, 0.1) is 5.92 Å². The van der Waals surface area contributed by atoms with Gasteiger partial charge in [-0.3, -0.25) is 19.7 Å². The Kier molecular flexibility index (Phi) is 6.25. The van der Waals surface area contributed by atoms with E-state index in [0.29, 0.717) is 17.2 Å². The smallest absolute Gasteiger partial charge is 0.287 e. The molecule has 1 aliphatic rings. The molecule has 2 heterocycles. The van der Waals surface area contributed by atoms with Gasteiger partial charge in [0.2, 0.25) is 17.8 Å². The maximum absolute atomic E-state index is 12.8. The second-order valence-electron chi connectivity index (χ2n) is 8.13. The molecule has 3 aromatic rings. The summed E-state index contributed by atoms with van der Waals surface area (Å²) in [6.45, 7) is 1.41. The highest BCUT2D eigenvalue weighted by Crippen LogP contribution is 2.28. The average Bonchev–Trinajstić information content (AvgIpc) is 3.43. The lowest BCUT2D eigenvalue weighted by Crippen LogP contribution is -2.50. The summed E-state index contributed by atoms with van der Waals surface area (Å²) < 4.78 is 5.81. The predicted octanol–water partition coefficient (Wildman–Crippen LogP) is 3.21. The van der Waals surface area contributed by atoms with Crippen molar-refractivity contribution in [3.63, 3.8) is 0 Å². The van der Waals surface area contributed by atoms with E-state index in [9.17, 15) is 14.4 Å². The fraction of sp³-hybridized carbons (Fsp3) is 0.391. The first-order valence-corrected chi connectivity index (χ1v) is 10.8. The van der Waals surface area contributed by atoms with Gasteiger partial charge in [0, 0.05) is 19.5 Å². The number of nitrogens with zero attached hydrogens (tertiary/aromatic N) is 1. The quantitative estimate of drug-likeness (QED) is 0.471. The Morgan fingerprint density at radius 1 is 1.12 bits per heavy atom. The van der Waals surface area contributed by atoms with Gasteiger partial charge in [-0.25, -0.2) is 4.98 Å². The Hall–Kier alpha value is -3.62. The number of H-pyrrole nitrogens is 1. The third-order valence-electron chi connectivity index (χ3n) is 5.83. The number of furan rings is 1. The molecule has 0 saturated heterocycles. The Morgan fingerprint density at radius 2 is 1.91 bits per heavy atom. The number of fused-ring (bicyclic) bond motifs is 1. The van der Waals surface area contributed by atoms with Gasteiger partial charge in [-0.2, -0.15) is 0 Å². The molecule has 1 aliphatic carbocycles. The van der Waals surface area contributed by atoms with Gasteiger partial charge < -0.3 is 20.0 Å². The molecule has 4 N–H and O–H groups in total. The van der Waals surface area contributed by atoms with E-state index in [1.54, 1.807) is 25.2 Å². The molecular formula is C23H27N5O4.